The Morgan fingerprint density at radius 1 is 1.24 bits per heavy atom. The number of thiazole rings is 1. The van der Waals surface area contributed by atoms with Crippen molar-refractivity contribution in [2.24, 2.45) is 5.92 Å². The van der Waals surface area contributed by atoms with Gasteiger partial charge < -0.3 is 9.15 Å². The van der Waals surface area contributed by atoms with Crippen molar-refractivity contribution in [1.82, 2.24) is 9.29 Å². The minimum atomic E-state index is -4.19. The monoisotopic (exact) mass is 581 g/mol. The number of rotatable bonds is 7. The SMILES string of the molecule is COc1ccc(Cl)c2sc(N(Cc3ccco3)C(=O)C3CCN(S(=O)(=O)c4ccc(F)cc4F)CC3)nc12. The molecule has 8 nitrogen and oxygen atoms in total. The molecule has 2 aromatic heterocycles. The van der Waals surface area contributed by atoms with Crippen LogP contribution in [0.1, 0.15) is 18.6 Å². The predicted octanol–water partition coefficient (Wildman–Crippen LogP) is 5.46. The zero-order valence-electron chi connectivity index (χ0n) is 20.1. The quantitative estimate of drug-likeness (QED) is 0.288. The first-order valence-corrected chi connectivity index (χ1v) is 14.2. The third-order valence-corrected chi connectivity index (χ3v) is 9.84. The molecule has 1 aliphatic rings. The summed E-state index contributed by atoms with van der Waals surface area (Å²) in [5.74, 6) is -1.72. The van der Waals surface area contributed by atoms with Crippen molar-refractivity contribution in [3.8, 4) is 5.75 Å². The first-order valence-electron chi connectivity index (χ1n) is 11.6. The largest absolute Gasteiger partial charge is 0.494 e. The number of hydrogen-bond donors (Lipinski definition) is 0. The summed E-state index contributed by atoms with van der Waals surface area (Å²) in [6, 6.07) is 9.21. The van der Waals surface area contributed by atoms with Crippen LogP contribution in [0.3, 0.4) is 0 Å². The fourth-order valence-corrected chi connectivity index (χ4v) is 7.18. The highest BCUT2D eigenvalue weighted by Crippen LogP contribution is 2.40. The maximum Gasteiger partial charge on any atom is 0.245 e. The number of benzene rings is 2. The molecule has 4 aromatic rings. The lowest BCUT2D eigenvalue weighted by atomic mass is 9.96. The number of carbonyl (C=O) groups is 1. The van der Waals surface area contributed by atoms with Crippen LogP contribution in [0.2, 0.25) is 5.02 Å². The Balaban J connectivity index is 1.40. The van der Waals surface area contributed by atoms with Gasteiger partial charge in [-0.25, -0.2) is 22.2 Å². The van der Waals surface area contributed by atoms with Crippen molar-refractivity contribution in [3.05, 3.63) is 71.1 Å². The molecule has 1 amide bonds. The Morgan fingerprint density at radius 2 is 2.00 bits per heavy atom. The van der Waals surface area contributed by atoms with Gasteiger partial charge in [-0.3, -0.25) is 9.69 Å². The standard InChI is InChI=1S/C25H22ClF2N3O5S2/c1-35-20-6-5-18(26)23-22(20)29-25(37-23)31(14-17-3-2-12-36-17)24(32)15-8-10-30(11-9-15)38(33,34)21-7-4-16(27)13-19(21)28/h2-7,12-13,15H,8-11,14H2,1H3. The molecule has 0 aliphatic carbocycles. The molecule has 0 spiro atoms. The Morgan fingerprint density at radius 3 is 2.66 bits per heavy atom. The smallest absolute Gasteiger partial charge is 0.245 e. The van der Waals surface area contributed by atoms with Crippen LogP contribution in [-0.4, -0.2) is 43.8 Å². The summed E-state index contributed by atoms with van der Waals surface area (Å²) in [6.45, 7) is 0.123. The van der Waals surface area contributed by atoms with Crippen LogP contribution in [0.4, 0.5) is 13.9 Å². The molecule has 13 heteroatoms. The van der Waals surface area contributed by atoms with Crippen LogP contribution < -0.4 is 9.64 Å². The summed E-state index contributed by atoms with van der Waals surface area (Å²) in [7, 11) is -2.67. The van der Waals surface area contributed by atoms with E-state index in [9.17, 15) is 22.0 Å². The van der Waals surface area contributed by atoms with Gasteiger partial charge in [0.05, 0.1) is 29.6 Å². The van der Waals surface area contributed by atoms with E-state index in [0.717, 1.165) is 16.4 Å². The molecule has 0 N–H and O–H groups in total. The minimum absolute atomic E-state index is 0.00362. The lowest BCUT2D eigenvalue weighted by Gasteiger charge is -2.32. The average Bonchev–Trinajstić information content (AvgIpc) is 3.58. The van der Waals surface area contributed by atoms with Gasteiger partial charge in [-0.15, -0.1) is 0 Å². The molecule has 1 aliphatic heterocycles. The van der Waals surface area contributed by atoms with Crippen molar-refractivity contribution in [3.63, 3.8) is 0 Å². The topological polar surface area (TPSA) is 93.0 Å². The van der Waals surface area contributed by atoms with E-state index in [1.54, 1.807) is 24.3 Å². The van der Waals surface area contributed by atoms with Gasteiger partial charge in [-0.1, -0.05) is 22.9 Å². The molecule has 0 bridgehead atoms. The summed E-state index contributed by atoms with van der Waals surface area (Å²) in [5, 5.41) is 0.873. The molecule has 0 unspecified atom stereocenters. The van der Waals surface area contributed by atoms with Gasteiger partial charge in [0.1, 0.15) is 33.6 Å². The lowest BCUT2D eigenvalue weighted by Crippen LogP contribution is -2.44. The van der Waals surface area contributed by atoms with Gasteiger partial charge in [0.2, 0.25) is 15.9 Å². The van der Waals surface area contributed by atoms with Crippen molar-refractivity contribution in [2.45, 2.75) is 24.3 Å². The van der Waals surface area contributed by atoms with Crippen LogP contribution in [0, 0.1) is 17.6 Å². The molecule has 1 saturated heterocycles. The molecule has 0 saturated carbocycles. The highest BCUT2D eigenvalue weighted by atomic mass is 35.5. The molecule has 0 atom stereocenters. The number of furan rings is 1. The fraction of sp³-hybridized carbons (Fsp3) is 0.280. The zero-order valence-corrected chi connectivity index (χ0v) is 22.5. The third-order valence-electron chi connectivity index (χ3n) is 6.37. The summed E-state index contributed by atoms with van der Waals surface area (Å²) in [6.07, 6.45) is 1.93. The maximum atomic E-state index is 14.2. The number of piperidine rings is 1. The van der Waals surface area contributed by atoms with E-state index >= 15 is 0 Å². The number of hydrogen-bond acceptors (Lipinski definition) is 7. The molecule has 3 heterocycles. The maximum absolute atomic E-state index is 14.2. The van der Waals surface area contributed by atoms with Crippen molar-refractivity contribution in [1.29, 1.82) is 0 Å². The van der Waals surface area contributed by atoms with Crippen LogP contribution in [-0.2, 0) is 21.4 Å². The molecule has 1 fully saturated rings. The number of sulfonamides is 1. The van der Waals surface area contributed by atoms with Gasteiger partial charge >= 0.3 is 0 Å². The van der Waals surface area contributed by atoms with Crippen molar-refractivity contribution in [2.75, 3.05) is 25.1 Å². The van der Waals surface area contributed by atoms with E-state index in [2.05, 4.69) is 4.98 Å². The number of fused-ring (bicyclic) bond motifs is 1. The van der Waals surface area contributed by atoms with Crippen molar-refractivity contribution >= 4 is 54.2 Å². The highest BCUT2D eigenvalue weighted by Gasteiger charge is 2.36. The van der Waals surface area contributed by atoms with Gasteiger partial charge in [0.25, 0.3) is 0 Å². The fourth-order valence-electron chi connectivity index (χ4n) is 4.41. The average molecular weight is 582 g/mol. The molecule has 2 aromatic carbocycles. The van der Waals surface area contributed by atoms with Crippen molar-refractivity contribution < 1.29 is 31.1 Å². The number of amides is 1. The number of aromatic nitrogens is 1. The van der Waals surface area contributed by atoms with E-state index in [0.29, 0.717) is 37.9 Å². The van der Waals surface area contributed by atoms with E-state index in [4.69, 9.17) is 20.8 Å². The summed E-state index contributed by atoms with van der Waals surface area (Å²) in [4.78, 5) is 19.3. The Hall–Kier alpha value is -3.06. The van der Waals surface area contributed by atoms with Crippen LogP contribution in [0.5, 0.6) is 5.75 Å². The zero-order chi connectivity index (χ0) is 27.0. The van der Waals surface area contributed by atoms with Gasteiger partial charge in [0, 0.05) is 25.1 Å². The number of methoxy groups -OCH3 is 1. The van der Waals surface area contributed by atoms with Crippen LogP contribution in [0.25, 0.3) is 10.2 Å². The normalized spacial score (nSPS) is 15.2. The van der Waals surface area contributed by atoms with E-state index in [1.165, 1.54) is 29.6 Å². The van der Waals surface area contributed by atoms with Gasteiger partial charge in [0.15, 0.2) is 5.13 Å². The number of halogens is 3. The number of ether oxygens (including phenoxy) is 1. The first-order chi connectivity index (χ1) is 18.2. The summed E-state index contributed by atoms with van der Waals surface area (Å²) >= 11 is 7.63. The summed E-state index contributed by atoms with van der Waals surface area (Å²) < 4.78 is 66.1. The summed E-state index contributed by atoms with van der Waals surface area (Å²) in [5.41, 5.74) is 0.527. The predicted molar refractivity (Wildman–Crippen MR) is 139 cm³/mol. The second kappa shape index (κ2) is 10.6. The second-order valence-electron chi connectivity index (χ2n) is 8.68. The van der Waals surface area contributed by atoms with Crippen LogP contribution in [0.15, 0.2) is 58.0 Å². The minimum Gasteiger partial charge on any atom is -0.494 e. The Bertz CT molecular complexity index is 1590. The number of nitrogens with zero attached hydrogens (tertiary/aromatic N) is 3. The first kappa shape index (κ1) is 26.5. The molecular weight excluding hydrogens is 560 g/mol. The van der Waals surface area contributed by atoms with Gasteiger partial charge in [-0.05, 0) is 49.2 Å². The Labute approximate surface area is 226 Å². The number of anilines is 1. The molecule has 5 rings (SSSR count). The van der Waals surface area contributed by atoms with E-state index < -0.39 is 32.5 Å². The molecule has 38 heavy (non-hydrogen) atoms. The third kappa shape index (κ3) is 5.00. The second-order valence-corrected chi connectivity index (χ2v) is 12.0. The van der Waals surface area contributed by atoms with E-state index in [-0.39, 0.29) is 38.4 Å². The molecular formula is C25H22ClF2N3O5S2. The molecule has 0 radical (unpaired) electrons. The van der Waals surface area contributed by atoms with Gasteiger partial charge in [-0.2, -0.15) is 4.31 Å². The highest BCUT2D eigenvalue weighted by molar-refractivity contribution is 7.89. The number of carbonyl (C=O) groups excluding carboxylic acids is 1. The molecule has 200 valence electrons. The van der Waals surface area contributed by atoms with Crippen LogP contribution >= 0.6 is 22.9 Å². The Kier molecular flexibility index (Phi) is 7.40. The van der Waals surface area contributed by atoms with E-state index in [1.807, 2.05) is 0 Å². The lowest BCUT2D eigenvalue weighted by molar-refractivity contribution is -0.123.